The van der Waals surface area contributed by atoms with Crippen LogP contribution in [0.1, 0.15) is 75.4 Å². The van der Waals surface area contributed by atoms with Crippen LogP contribution < -0.4 is 0 Å². The number of halogens is 1. The Bertz CT molecular complexity index is 1360. The third-order valence-electron chi connectivity index (χ3n) is 6.69. The largest absolute Gasteiger partial charge is 0.528 e. The van der Waals surface area contributed by atoms with Crippen LogP contribution in [0.25, 0.3) is 11.1 Å². The zero-order valence-electron chi connectivity index (χ0n) is 25.2. The van der Waals surface area contributed by atoms with Gasteiger partial charge >= 0.3 is 12.1 Å². The maximum atomic E-state index is 13.6. The maximum Gasteiger partial charge on any atom is 0.528 e. The molecule has 8 heteroatoms. The molecule has 0 spiro atoms. The van der Waals surface area contributed by atoms with Crippen molar-refractivity contribution in [3.8, 4) is 11.1 Å². The molecule has 0 amide bonds. The third kappa shape index (κ3) is 8.87. The molecule has 4 rings (SSSR count). The van der Waals surface area contributed by atoms with Crippen LogP contribution in [0.3, 0.4) is 0 Å². The average Bonchev–Trinajstić information content (AvgIpc) is 2.91. The summed E-state index contributed by atoms with van der Waals surface area (Å²) < 4.78 is 30.9. The third-order valence-corrected chi connectivity index (χ3v) is 6.69. The molecule has 1 saturated heterocycles. The predicted molar refractivity (Wildman–Crippen MR) is 158 cm³/mol. The molecule has 3 aromatic carbocycles. The molecule has 7 nitrogen and oxygen atoms in total. The Kier molecular flexibility index (Phi) is 9.69. The van der Waals surface area contributed by atoms with E-state index in [0.717, 1.165) is 22.3 Å². The van der Waals surface area contributed by atoms with Crippen LogP contribution in [-0.2, 0) is 25.7 Å². The Morgan fingerprint density at radius 1 is 0.857 bits per heavy atom. The van der Waals surface area contributed by atoms with Crippen molar-refractivity contribution in [1.29, 1.82) is 0 Å². The number of benzene rings is 3. The van der Waals surface area contributed by atoms with E-state index in [1.165, 1.54) is 12.1 Å². The molecule has 0 N–H and O–H groups in total. The first-order chi connectivity index (χ1) is 19.8. The summed E-state index contributed by atoms with van der Waals surface area (Å²) in [6.45, 7) is 12.0. The lowest BCUT2D eigenvalue weighted by molar-refractivity contribution is -0.179. The quantitative estimate of drug-likeness (QED) is 0.267. The zero-order valence-corrected chi connectivity index (χ0v) is 25.2. The molecule has 2 atom stereocenters. The van der Waals surface area contributed by atoms with Gasteiger partial charge < -0.3 is 19.0 Å². The van der Waals surface area contributed by atoms with E-state index < -0.39 is 17.4 Å². The first kappa shape index (κ1) is 31.2. The minimum absolute atomic E-state index is 0.0101. The van der Waals surface area contributed by atoms with Gasteiger partial charge in [0.1, 0.15) is 17.0 Å². The normalized spacial score (nSPS) is 17.9. The van der Waals surface area contributed by atoms with E-state index in [-0.39, 0.29) is 23.8 Å². The van der Waals surface area contributed by atoms with E-state index in [0.29, 0.717) is 31.7 Å². The van der Waals surface area contributed by atoms with Gasteiger partial charge in [0.2, 0.25) is 0 Å². The molecule has 0 aromatic heterocycles. The topological polar surface area (TPSA) is 74.3 Å². The fourth-order valence-corrected chi connectivity index (χ4v) is 4.84. The molecular weight excluding hydrogens is 537 g/mol. The van der Waals surface area contributed by atoms with E-state index in [4.69, 9.17) is 19.0 Å². The van der Waals surface area contributed by atoms with Crippen LogP contribution in [0, 0.1) is 5.82 Å². The molecule has 0 saturated carbocycles. The summed E-state index contributed by atoms with van der Waals surface area (Å²) in [5.41, 5.74) is 2.83. The van der Waals surface area contributed by atoms with Crippen LogP contribution in [0.4, 0.5) is 9.18 Å². The summed E-state index contributed by atoms with van der Waals surface area (Å²) in [6.07, 6.45) is -0.428. The molecular formula is C34H40FNO6. The zero-order chi connectivity index (χ0) is 30.5. The number of nitrogens with zero attached hydrogens (tertiary/aromatic N) is 1. The number of carbonyl (C=O) groups excluding carboxylic acids is 2. The standard InChI is InChI=1S/C34H40FNO6/c1-33(2,3)40-31(37)29-10-8-7-9-27(29)24-13-11-23(12-14-24)22-39-30-21-36(42-32(38)41-34(4,5)6)20-19-28(30)25-15-17-26(35)18-16-25/h7-18,28,30H,19-22H2,1-6H3. The Labute approximate surface area is 247 Å². The lowest BCUT2D eigenvalue weighted by Crippen LogP contribution is -2.45. The van der Waals surface area contributed by atoms with Gasteiger partial charge in [0.15, 0.2) is 0 Å². The monoisotopic (exact) mass is 577 g/mol. The minimum Gasteiger partial charge on any atom is -0.456 e. The van der Waals surface area contributed by atoms with Gasteiger partial charge in [-0.15, -0.1) is 5.06 Å². The van der Waals surface area contributed by atoms with E-state index in [1.807, 2.05) is 63.2 Å². The van der Waals surface area contributed by atoms with E-state index in [1.54, 1.807) is 44.0 Å². The van der Waals surface area contributed by atoms with E-state index in [2.05, 4.69) is 0 Å². The number of hydrogen-bond acceptors (Lipinski definition) is 7. The number of hydroxylamine groups is 2. The molecule has 0 aliphatic carbocycles. The van der Waals surface area contributed by atoms with Crippen molar-refractivity contribution in [2.24, 2.45) is 0 Å². The average molecular weight is 578 g/mol. The van der Waals surface area contributed by atoms with Gasteiger partial charge in [0.05, 0.1) is 24.8 Å². The van der Waals surface area contributed by atoms with Crippen molar-refractivity contribution in [1.82, 2.24) is 5.06 Å². The Morgan fingerprint density at radius 3 is 2.14 bits per heavy atom. The second-order valence-corrected chi connectivity index (χ2v) is 12.5. The molecule has 2 unspecified atom stereocenters. The summed E-state index contributed by atoms with van der Waals surface area (Å²) in [6, 6.07) is 21.7. The molecule has 224 valence electrons. The molecule has 1 aliphatic heterocycles. The molecule has 3 aromatic rings. The SMILES string of the molecule is CC(C)(C)OC(=O)ON1CCC(c2ccc(F)cc2)C(OCc2ccc(-c3ccccc3C(=O)OC(C)(C)C)cc2)C1. The van der Waals surface area contributed by atoms with Gasteiger partial charge in [-0.25, -0.2) is 14.0 Å². The molecule has 42 heavy (non-hydrogen) atoms. The van der Waals surface area contributed by atoms with Crippen LogP contribution in [-0.4, -0.2) is 47.6 Å². The van der Waals surface area contributed by atoms with Crippen LogP contribution in [0.2, 0.25) is 0 Å². The first-order valence-corrected chi connectivity index (χ1v) is 14.2. The highest BCUT2D eigenvalue weighted by molar-refractivity contribution is 5.97. The van der Waals surface area contributed by atoms with Crippen molar-refractivity contribution in [2.45, 2.75) is 77.8 Å². The van der Waals surface area contributed by atoms with Crippen molar-refractivity contribution in [3.05, 3.63) is 95.3 Å². The van der Waals surface area contributed by atoms with Crippen molar-refractivity contribution in [3.63, 3.8) is 0 Å². The summed E-state index contributed by atoms with van der Waals surface area (Å²) in [5.74, 6) is -0.674. The van der Waals surface area contributed by atoms with Crippen LogP contribution in [0.5, 0.6) is 0 Å². The Balaban J connectivity index is 1.47. The second-order valence-electron chi connectivity index (χ2n) is 12.5. The van der Waals surface area contributed by atoms with Crippen molar-refractivity contribution < 1.29 is 33.0 Å². The fourth-order valence-electron chi connectivity index (χ4n) is 4.84. The Morgan fingerprint density at radius 2 is 1.50 bits per heavy atom. The van der Waals surface area contributed by atoms with Crippen molar-refractivity contribution in [2.75, 3.05) is 13.1 Å². The Hall–Kier alpha value is -3.75. The highest BCUT2D eigenvalue weighted by Crippen LogP contribution is 2.32. The summed E-state index contributed by atoms with van der Waals surface area (Å²) in [7, 11) is 0. The fraction of sp³-hybridized carbons (Fsp3) is 0.412. The summed E-state index contributed by atoms with van der Waals surface area (Å²) >= 11 is 0. The number of ether oxygens (including phenoxy) is 3. The van der Waals surface area contributed by atoms with Crippen LogP contribution >= 0.6 is 0 Å². The lowest BCUT2D eigenvalue weighted by atomic mass is 9.87. The minimum atomic E-state index is -0.760. The van der Waals surface area contributed by atoms with Gasteiger partial charge in [-0.2, -0.15) is 0 Å². The van der Waals surface area contributed by atoms with Gasteiger partial charge in [-0.3, -0.25) is 0 Å². The van der Waals surface area contributed by atoms with Gasteiger partial charge in [0.25, 0.3) is 0 Å². The van der Waals surface area contributed by atoms with E-state index in [9.17, 15) is 14.0 Å². The number of carbonyl (C=O) groups is 2. The molecule has 0 radical (unpaired) electrons. The maximum absolute atomic E-state index is 13.6. The summed E-state index contributed by atoms with van der Waals surface area (Å²) in [4.78, 5) is 30.6. The summed E-state index contributed by atoms with van der Waals surface area (Å²) in [5, 5.41) is 1.56. The van der Waals surface area contributed by atoms with Crippen LogP contribution in [0.15, 0.2) is 72.8 Å². The molecule has 1 heterocycles. The van der Waals surface area contributed by atoms with Gasteiger partial charge in [0, 0.05) is 12.5 Å². The van der Waals surface area contributed by atoms with Crippen molar-refractivity contribution >= 4 is 12.1 Å². The van der Waals surface area contributed by atoms with Gasteiger partial charge in [-0.1, -0.05) is 54.6 Å². The number of esters is 1. The predicted octanol–water partition coefficient (Wildman–Crippen LogP) is 7.69. The first-order valence-electron chi connectivity index (χ1n) is 14.2. The number of rotatable bonds is 7. The highest BCUT2D eigenvalue weighted by Gasteiger charge is 2.34. The number of hydrogen-bond donors (Lipinski definition) is 0. The highest BCUT2D eigenvalue weighted by atomic mass is 19.1. The molecule has 1 fully saturated rings. The smallest absolute Gasteiger partial charge is 0.456 e. The van der Waals surface area contributed by atoms with E-state index >= 15 is 0 Å². The molecule has 1 aliphatic rings. The lowest BCUT2D eigenvalue weighted by Gasteiger charge is -2.37. The molecule has 0 bridgehead atoms. The second kappa shape index (κ2) is 13.0. The van der Waals surface area contributed by atoms with Gasteiger partial charge in [-0.05, 0) is 88.4 Å². The number of piperidine rings is 1.